The van der Waals surface area contributed by atoms with Gasteiger partial charge in [0.25, 0.3) is 0 Å². The first-order chi connectivity index (χ1) is 9.70. The van der Waals surface area contributed by atoms with Crippen LogP contribution in [-0.4, -0.2) is 24.3 Å². The number of benzene rings is 1. The molecule has 1 unspecified atom stereocenters. The van der Waals surface area contributed by atoms with Crippen molar-refractivity contribution < 1.29 is 19.1 Å². The molecule has 1 aromatic carbocycles. The van der Waals surface area contributed by atoms with Crippen molar-refractivity contribution in [3.05, 3.63) is 48.2 Å². The molecule has 1 saturated heterocycles. The van der Waals surface area contributed by atoms with Crippen LogP contribution in [0.25, 0.3) is 11.3 Å². The van der Waals surface area contributed by atoms with Crippen LogP contribution in [0.3, 0.4) is 0 Å². The van der Waals surface area contributed by atoms with Gasteiger partial charge in [0.15, 0.2) is 0 Å². The fourth-order valence-electron chi connectivity index (χ4n) is 2.66. The van der Waals surface area contributed by atoms with Gasteiger partial charge >= 0.3 is 5.97 Å². The van der Waals surface area contributed by atoms with Gasteiger partial charge in [0.05, 0.1) is 18.3 Å². The zero-order chi connectivity index (χ0) is 14.0. The smallest absolute Gasteiger partial charge is 0.312 e. The van der Waals surface area contributed by atoms with Crippen LogP contribution in [0.1, 0.15) is 12.0 Å². The maximum absolute atomic E-state index is 11.5. The van der Waals surface area contributed by atoms with Gasteiger partial charge in [0, 0.05) is 12.2 Å². The third-order valence-electron chi connectivity index (χ3n) is 3.83. The SMILES string of the molecule is O=C(O)C1(Cc2cccc(-c3ccco3)c2)CCOC1. The molecule has 104 valence electrons. The third kappa shape index (κ3) is 2.34. The van der Waals surface area contributed by atoms with Gasteiger partial charge in [0.2, 0.25) is 0 Å². The molecule has 0 bridgehead atoms. The van der Waals surface area contributed by atoms with Crippen molar-refractivity contribution in [2.75, 3.05) is 13.2 Å². The largest absolute Gasteiger partial charge is 0.481 e. The molecule has 1 aliphatic rings. The zero-order valence-electron chi connectivity index (χ0n) is 11.0. The average Bonchev–Trinajstić information content (AvgIpc) is 3.10. The minimum atomic E-state index is -0.790. The molecular formula is C16H16O4. The third-order valence-corrected chi connectivity index (χ3v) is 3.83. The molecule has 2 aromatic rings. The molecule has 0 aliphatic carbocycles. The summed E-state index contributed by atoms with van der Waals surface area (Å²) in [4.78, 5) is 11.5. The highest BCUT2D eigenvalue weighted by molar-refractivity contribution is 5.75. The van der Waals surface area contributed by atoms with E-state index in [0.717, 1.165) is 16.9 Å². The minimum Gasteiger partial charge on any atom is -0.481 e. The Morgan fingerprint density at radius 2 is 2.20 bits per heavy atom. The maximum Gasteiger partial charge on any atom is 0.312 e. The van der Waals surface area contributed by atoms with Crippen LogP contribution in [0.5, 0.6) is 0 Å². The Kier molecular flexibility index (Phi) is 3.32. The van der Waals surface area contributed by atoms with Gasteiger partial charge in [-0.15, -0.1) is 0 Å². The molecule has 2 heterocycles. The van der Waals surface area contributed by atoms with Gasteiger partial charge in [-0.1, -0.05) is 18.2 Å². The number of hydrogen-bond acceptors (Lipinski definition) is 3. The van der Waals surface area contributed by atoms with Crippen LogP contribution in [0.4, 0.5) is 0 Å². The molecule has 0 spiro atoms. The number of furan rings is 1. The van der Waals surface area contributed by atoms with Crippen molar-refractivity contribution in [1.82, 2.24) is 0 Å². The quantitative estimate of drug-likeness (QED) is 0.929. The fraction of sp³-hybridized carbons (Fsp3) is 0.312. The van der Waals surface area contributed by atoms with Crippen LogP contribution in [0, 0.1) is 5.41 Å². The number of carboxylic acid groups (broad SMARTS) is 1. The Hall–Kier alpha value is -2.07. The Labute approximate surface area is 117 Å². The number of aliphatic carboxylic acids is 1. The number of carboxylic acids is 1. The molecule has 0 amide bonds. The molecule has 0 radical (unpaired) electrons. The van der Waals surface area contributed by atoms with Crippen molar-refractivity contribution in [3.63, 3.8) is 0 Å². The summed E-state index contributed by atoms with van der Waals surface area (Å²) < 4.78 is 10.7. The molecule has 1 N–H and O–H groups in total. The van der Waals surface area contributed by atoms with E-state index in [4.69, 9.17) is 9.15 Å². The predicted octanol–water partition coefficient (Wildman–Crippen LogP) is 2.98. The van der Waals surface area contributed by atoms with Crippen LogP contribution < -0.4 is 0 Å². The summed E-state index contributed by atoms with van der Waals surface area (Å²) >= 11 is 0. The fourth-order valence-corrected chi connectivity index (χ4v) is 2.66. The summed E-state index contributed by atoms with van der Waals surface area (Å²) in [5, 5.41) is 9.48. The number of rotatable bonds is 4. The van der Waals surface area contributed by atoms with Gasteiger partial charge in [-0.05, 0) is 36.6 Å². The first-order valence-electron chi connectivity index (χ1n) is 6.64. The van der Waals surface area contributed by atoms with Gasteiger partial charge < -0.3 is 14.3 Å². The van der Waals surface area contributed by atoms with Crippen LogP contribution in [-0.2, 0) is 16.0 Å². The highest BCUT2D eigenvalue weighted by atomic mass is 16.5. The summed E-state index contributed by atoms with van der Waals surface area (Å²) in [5.41, 5.74) is 1.17. The minimum absolute atomic E-state index is 0.285. The molecule has 1 atom stereocenters. The highest BCUT2D eigenvalue weighted by Crippen LogP contribution is 2.34. The van der Waals surface area contributed by atoms with E-state index in [1.165, 1.54) is 0 Å². The van der Waals surface area contributed by atoms with E-state index in [1.807, 2.05) is 36.4 Å². The molecule has 3 rings (SSSR count). The zero-order valence-corrected chi connectivity index (χ0v) is 11.0. The van der Waals surface area contributed by atoms with E-state index in [9.17, 15) is 9.90 Å². The standard InChI is InChI=1S/C16H16O4/c17-15(18)16(6-8-19-11-16)10-12-3-1-4-13(9-12)14-5-2-7-20-14/h1-5,7,9H,6,8,10-11H2,(H,17,18). The van der Waals surface area contributed by atoms with Crippen molar-refractivity contribution >= 4 is 5.97 Å². The summed E-state index contributed by atoms with van der Waals surface area (Å²) in [6.45, 7) is 0.803. The summed E-state index contributed by atoms with van der Waals surface area (Å²) in [7, 11) is 0. The topological polar surface area (TPSA) is 59.7 Å². The lowest BCUT2D eigenvalue weighted by Crippen LogP contribution is -2.33. The average molecular weight is 272 g/mol. The summed E-state index contributed by atoms with van der Waals surface area (Å²) in [6, 6.07) is 11.6. The highest BCUT2D eigenvalue weighted by Gasteiger charge is 2.42. The van der Waals surface area contributed by atoms with Crippen LogP contribution >= 0.6 is 0 Å². The van der Waals surface area contributed by atoms with E-state index in [2.05, 4.69) is 0 Å². The lowest BCUT2D eigenvalue weighted by Gasteiger charge is -2.22. The van der Waals surface area contributed by atoms with Crippen molar-refractivity contribution in [2.45, 2.75) is 12.8 Å². The Balaban J connectivity index is 1.87. The monoisotopic (exact) mass is 272 g/mol. The first kappa shape index (κ1) is 12.9. The van der Waals surface area contributed by atoms with E-state index >= 15 is 0 Å². The van der Waals surface area contributed by atoms with Crippen LogP contribution in [0.15, 0.2) is 47.1 Å². The number of hydrogen-bond donors (Lipinski definition) is 1. The Morgan fingerprint density at radius 1 is 1.30 bits per heavy atom. The van der Waals surface area contributed by atoms with E-state index in [0.29, 0.717) is 19.4 Å². The van der Waals surface area contributed by atoms with Crippen molar-refractivity contribution in [2.24, 2.45) is 5.41 Å². The summed E-state index contributed by atoms with van der Waals surface area (Å²) in [6.07, 6.45) is 2.68. The van der Waals surface area contributed by atoms with Gasteiger partial charge in [-0.2, -0.15) is 0 Å². The molecule has 4 nitrogen and oxygen atoms in total. The molecule has 1 fully saturated rings. The number of carbonyl (C=O) groups is 1. The molecule has 20 heavy (non-hydrogen) atoms. The second-order valence-electron chi connectivity index (χ2n) is 5.24. The molecule has 1 aromatic heterocycles. The Morgan fingerprint density at radius 3 is 2.85 bits per heavy atom. The van der Waals surface area contributed by atoms with E-state index < -0.39 is 11.4 Å². The molecular weight excluding hydrogens is 256 g/mol. The second kappa shape index (κ2) is 5.13. The van der Waals surface area contributed by atoms with Gasteiger partial charge in [-0.3, -0.25) is 4.79 Å². The molecule has 0 saturated carbocycles. The normalized spacial score (nSPS) is 22.0. The van der Waals surface area contributed by atoms with E-state index in [-0.39, 0.29) is 6.61 Å². The lowest BCUT2D eigenvalue weighted by molar-refractivity contribution is -0.148. The van der Waals surface area contributed by atoms with Crippen molar-refractivity contribution in [3.8, 4) is 11.3 Å². The van der Waals surface area contributed by atoms with Crippen molar-refractivity contribution in [1.29, 1.82) is 0 Å². The first-order valence-corrected chi connectivity index (χ1v) is 6.64. The van der Waals surface area contributed by atoms with E-state index in [1.54, 1.807) is 6.26 Å². The number of ether oxygens (including phenoxy) is 1. The van der Waals surface area contributed by atoms with Gasteiger partial charge in [0.1, 0.15) is 5.76 Å². The summed E-state index contributed by atoms with van der Waals surface area (Å²) in [5.74, 6) is 0.0114. The van der Waals surface area contributed by atoms with Gasteiger partial charge in [-0.25, -0.2) is 0 Å². The lowest BCUT2D eigenvalue weighted by atomic mass is 9.81. The maximum atomic E-state index is 11.5. The molecule has 1 aliphatic heterocycles. The Bertz CT molecular complexity index is 595. The molecule has 4 heteroatoms. The second-order valence-corrected chi connectivity index (χ2v) is 5.24. The predicted molar refractivity (Wildman–Crippen MR) is 73.4 cm³/mol. The van der Waals surface area contributed by atoms with Crippen LogP contribution in [0.2, 0.25) is 0 Å².